The van der Waals surface area contributed by atoms with Crippen LogP contribution in [0, 0.1) is 5.41 Å². The van der Waals surface area contributed by atoms with Crippen LogP contribution < -0.4 is 10.6 Å². The SMILES string of the molecule is N=CC(=CN)C1CN(c2ccnc(-c3cnc4cnc(C(F)(F)F)cn34)n2)CCO1. The predicted molar refractivity (Wildman–Crippen MR) is 102 cm³/mol. The molecular formula is C18H17F3N8O. The van der Waals surface area contributed by atoms with E-state index in [4.69, 9.17) is 15.9 Å². The Kier molecular flexibility index (Phi) is 5.08. The highest BCUT2D eigenvalue weighted by molar-refractivity contribution is 5.77. The number of rotatable bonds is 4. The number of nitrogens with zero attached hydrogens (tertiary/aromatic N) is 6. The number of aromatic nitrogens is 5. The first kappa shape index (κ1) is 19.8. The summed E-state index contributed by atoms with van der Waals surface area (Å²) in [7, 11) is 0. The van der Waals surface area contributed by atoms with E-state index in [1.807, 2.05) is 4.90 Å². The van der Waals surface area contributed by atoms with E-state index in [1.54, 1.807) is 6.07 Å². The maximum atomic E-state index is 13.0. The lowest BCUT2D eigenvalue weighted by atomic mass is 10.1. The number of halogens is 3. The first-order valence-corrected chi connectivity index (χ1v) is 8.93. The summed E-state index contributed by atoms with van der Waals surface area (Å²) in [5.41, 5.74) is 5.62. The third-order valence-electron chi connectivity index (χ3n) is 4.68. The number of hydrogen-bond acceptors (Lipinski definition) is 8. The summed E-state index contributed by atoms with van der Waals surface area (Å²) in [6.45, 7) is 1.38. The molecule has 3 aromatic rings. The van der Waals surface area contributed by atoms with Crippen molar-refractivity contribution in [1.29, 1.82) is 5.41 Å². The summed E-state index contributed by atoms with van der Waals surface area (Å²) in [6, 6.07) is 1.70. The Hall–Kier alpha value is -3.54. The first-order chi connectivity index (χ1) is 14.4. The standard InChI is InChI=1S/C18H17F3N8O/c19-18(20,21)14-10-29-12(7-26-16(29)8-25-14)17-24-2-1-15(27-17)28-3-4-30-13(9-28)11(5-22)6-23/h1-2,5-8,10,13,22H,3-4,9,23H2. The van der Waals surface area contributed by atoms with Gasteiger partial charge < -0.3 is 20.8 Å². The summed E-state index contributed by atoms with van der Waals surface area (Å²) >= 11 is 0. The Morgan fingerprint density at radius 1 is 1.27 bits per heavy atom. The third-order valence-corrected chi connectivity index (χ3v) is 4.68. The van der Waals surface area contributed by atoms with Crippen molar-refractivity contribution in [3.63, 3.8) is 0 Å². The highest BCUT2D eigenvalue weighted by Crippen LogP contribution is 2.29. The Balaban J connectivity index is 1.68. The smallest absolute Gasteiger partial charge is 0.404 e. The zero-order valence-corrected chi connectivity index (χ0v) is 15.5. The minimum Gasteiger partial charge on any atom is -0.404 e. The lowest BCUT2D eigenvalue weighted by molar-refractivity contribution is -0.141. The summed E-state index contributed by atoms with van der Waals surface area (Å²) in [5, 5.41) is 7.44. The highest BCUT2D eigenvalue weighted by atomic mass is 19.4. The molecule has 156 valence electrons. The molecular weight excluding hydrogens is 401 g/mol. The van der Waals surface area contributed by atoms with Crippen LogP contribution in [0.1, 0.15) is 5.69 Å². The maximum Gasteiger partial charge on any atom is 0.434 e. The number of morpholine rings is 1. The minimum atomic E-state index is -4.58. The maximum absolute atomic E-state index is 13.0. The second-order valence-electron chi connectivity index (χ2n) is 6.50. The molecule has 1 aliphatic heterocycles. The molecule has 30 heavy (non-hydrogen) atoms. The molecule has 0 amide bonds. The fraction of sp³-hybridized carbons (Fsp3) is 0.278. The average molecular weight is 418 g/mol. The van der Waals surface area contributed by atoms with Crippen LogP contribution in [0.4, 0.5) is 19.0 Å². The lowest BCUT2D eigenvalue weighted by Gasteiger charge is -2.34. The molecule has 4 rings (SSSR count). The van der Waals surface area contributed by atoms with Crippen molar-refractivity contribution in [1.82, 2.24) is 24.3 Å². The van der Waals surface area contributed by atoms with Crippen LogP contribution in [0.5, 0.6) is 0 Å². The molecule has 3 aromatic heterocycles. The fourth-order valence-corrected chi connectivity index (χ4v) is 3.16. The Bertz CT molecular complexity index is 1110. The molecule has 0 aromatic carbocycles. The number of ether oxygens (including phenoxy) is 1. The zero-order chi connectivity index (χ0) is 21.3. The number of imidazole rings is 1. The Morgan fingerprint density at radius 3 is 2.83 bits per heavy atom. The normalized spacial score (nSPS) is 18.0. The van der Waals surface area contributed by atoms with E-state index in [9.17, 15) is 13.2 Å². The van der Waals surface area contributed by atoms with Crippen LogP contribution in [0.15, 0.2) is 42.6 Å². The van der Waals surface area contributed by atoms with Gasteiger partial charge in [-0.15, -0.1) is 0 Å². The van der Waals surface area contributed by atoms with Gasteiger partial charge in [0, 0.05) is 43.5 Å². The Morgan fingerprint density at radius 2 is 2.10 bits per heavy atom. The highest BCUT2D eigenvalue weighted by Gasteiger charge is 2.33. The molecule has 9 nitrogen and oxygen atoms in total. The van der Waals surface area contributed by atoms with Gasteiger partial charge in [-0.25, -0.2) is 19.9 Å². The van der Waals surface area contributed by atoms with E-state index in [2.05, 4.69) is 19.9 Å². The van der Waals surface area contributed by atoms with Crippen molar-refractivity contribution in [3.05, 3.63) is 48.3 Å². The first-order valence-electron chi connectivity index (χ1n) is 8.93. The zero-order valence-electron chi connectivity index (χ0n) is 15.5. The van der Waals surface area contributed by atoms with Gasteiger partial charge in [0.1, 0.15) is 17.6 Å². The summed E-state index contributed by atoms with van der Waals surface area (Å²) in [5.74, 6) is 0.804. The molecule has 0 bridgehead atoms. The molecule has 1 unspecified atom stereocenters. The third kappa shape index (κ3) is 3.68. The van der Waals surface area contributed by atoms with Gasteiger partial charge >= 0.3 is 6.18 Å². The van der Waals surface area contributed by atoms with Crippen molar-refractivity contribution in [2.24, 2.45) is 5.73 Å². The number of nitrogens with two attached hydrogens (primary N) is 1. The van der Waals surface area contributed by atoms with Crippen molar-refractivity contribution in [2.75, 3.05) is 24.6 Å². The molecule has 0 radical (unpaired) electrons. The van der Waals surface area contributed by atoms with E-state index in [-0.39, 0.29) is 17.6 Å². The topological polar surface area (TPSA) is 118 Å². The lowest BCUT2D eigenvalue weighted by Crippen LogP contribution is -2.44. The van der Waals surface area contributed by atoms with E-state index in [0.29, 0.717) is 36.8 Å². The summed E-state index contributed by atoms with van der Waals surface area (Å²) in [4.78, 5) is 18.2. The van der Waals surface area contributed by atoms with Gasteiger partial charge in [-0.3, -0.25) is 4.40 Å². The monoisotopic (exact) mass is 418 g/mol. The minimum absolute atomic E-state index is 0.226. The van der Waals surface area contributed by atoms with Crippen LogP contribution in [-0.4, -0.2) is 56.4 Å². The van der Waals surface area contributed by atoms with Gasteiger partial charge in [0.2, 0.25) is 0 Å². The molecule has 0 spiro atoms. The number of hydrogen-bond donors (Lipinski definition) is 2. The molecule has 0 saturated carbocycles. The molecule has 1 fully saturated rings. The van der Waals surface area contributed by atoms with Gasteiger partial charge in [-0.05, 0) is 6.07 Å². The van der Waals surface area contributed by atoms with Crippen LogP contribution >= 0.6 is 0 Å². The summed E-state index contributed by atoms with van der Waals surface area (Å²) < 4.78 is 46.1. The van der Waals surface area contributed by atoms with Gasteiger partial charge in [0.25, 0.3) is 0 Å². The van der Waals surface area contributed by atoms with Gasteiger partial charge in [-0.2, -0.15) is 13.2 Å². The van der Waals surface area contributed by atoms with E-state index >= 15 is 0 Å². The van der Waals surface area contributed by atoms with Gasteiger partial charge in [-0.1, -0.05) is 0 Å². The van der Waals surface area contributed by atoms with Gasteiger partial charge in [0.05, 0.1) is 19.0 Å². The quantitative estimate of drug-likeness (QED) is 0.621. The second kappa shape index (κ2) is 7.71. The predicted octanol–water partition coefficient (Wildman–Crippen LogP) is 1.90. The molecule has 12 heteroatoms. The van der Waals surface area contributed by atoms with Gasteiger partial charge in [0.15, 0.2) is 17.2 Å². The fourth-order valence-electron chi connectivity index (χ4n) is 3.16. The molecule has 1 atom stereocenters. The molecule has 4 heterocycles. The van der Waals surface area contributed by atoms with E-state index in [1.165, 1.54) is 23.0 Å². The van der Waals surface area contributed by atoms with Crippen LogP contribution in [0.25, 0.3) is 17.2 Å². The van der Waals surface area contributed by atoms with E-state index < -0.39 is 11.9 Å². The van der Waals surface area contributed by atoms with Crippen molar-refractivity contribution in [2.45, 2.75) is 12.3 Å². The molecule has 1 aliphatic rings. The van der Waals surface area contributed by atoms with Crippen molar-refractivity contribution in [3.8, 4) is 11.5 Å². The molecule has 3 N–H and O–H groups in total. The number of nitrogens with one attached hydrogen (secondary N) is 1. The average Bonchev–Trinajstić information content (AvgIpc) is 3.18. The number of alkyl halides is 3. The largest absolute Gasteiger partial charge is 0.434 e. The number of fused-ring (bicyclic) bond motifs is 1. The van der Waals surface area contributed by atoms with Crippen LogP contribution in [0.2, 0.25) is 0 Å². The molecule has 0 aliphatic carbocycles. The van der Waals surface area contributed by atoms with Crippen LogP contribution in [-0.2, 0) is 10.9 Å². The summed E-state index contributed by atoms with van der Waals surface area (Å²) in [6.07, 6.45) is 2.38. The van der Waals surface area contributed by atoms with Crippen molar-refractivity contribution < 1.29 is 17.9 Å². The Labute approximate surface area is 168 Å². The molecule has 1 saturated heterocycles. The van der Waals surface area contributed by atoms with Crippen LogP contribution in [0.3, 0.4) is 0 Å². The van der Waals surface area contributed by atoms with E-state index in [0.717, 1.165) is 18.6 Å². The second-order valence-corrected chi connectivity index (χ2v) is 6.50. The van der Waals surface area contributed by atoms with Crippen molar-refractivity contribution >= 4 is 17.7 Å². The number of anilines is 1.